The molecular formula is C22H28O6. The molecule has 0 aromatic heterocycles. The molecule has 0 unspecified atom stereocenters. The number of ether oxygens (including phenoxy) is 2. The highest BCUT2D eigenvalue weighted by molar-refractivity contribution is 5.92. The molecule has 0 aliphatic rings. The predicted molar refractivity (Wildman–Crippen MR) is 106 cm³/mol. The van der Waals surface area contributed by atoms with Crippen LogP contribution in [0, 0.1) is 11.8 Å². The first-order valence-corrected chi connectivity index (χ1v) is 9.12. The van der Waals surface area contributed by atoms with Crippen molar-refractivity contribution >= 4 is 11.9 Å². The Hall–Kier alpha value is -3.02. The first-order valence-electron chi connectivity index (χ1n) is 9.12. The van der Waals surface area contributed by atoms with Crippen LogP contribution in [0.3, 0.4) is 0 Å². The summed E-state index contributed by atoms with van der Waals surface area (Å²) in [5.74, 6) is -0.439. The maximum absolute atomic E-state index is 11.4. The number of benzene rings is 2. The third-order valence-corrected chi connectivity index (χ3v) is 3.34. The number of carbonyl (C=O) groups excluding carboxylic acids is 2. The number of hydrogen-bond donors (Lipinski definition) is 2. The van der Waals surface area contributed by atoms with Crippen molar-refractivity contribution in [2.45, 2.75) is 27.7 Å². The summed E-state index contributed by atoms with van der Waals surface area (Å²) in [5, 5.41) is 18.7. The lowest BCUT2D eigenvalue weighted by Gasteiger charge is -2.07. The van der Waals surface area contributed by atoms with Gasteiger partial charge in [0.25, 0.3) is 0 Å². The van der Waals surface area contributed by atoms with Crippen molar-refractivity contribution in [1.82, 2.24) is 0 Å². The standard InChI is InChI=1S/2C11H14O3/c2*1-8(2)7-14-11(13)9-5-3-4-6-10(9)12/h2*3-6,8,12H,7H2,1-2H3. The molecule has 0 heterocycles. The van der Waals surface area contributed by atoms with Crippen LogP contribution >= 0.6 is 0 Å². The van der Waals surface area contributed by atoms with Gasteiger partial charge in [-0.1, -0.05) is 52.0 Å². The topological polar surface area (TPSA) is 93.1 Å². The summed E-state index contributed by atoms with van der Waals surface area (Å²) in [6, 6.07) is 12.7. The Balaban J connectivity index is 0.000000280. The summed E-state index contributed by atoms with van der Waals surface area (Å²) in [5.41, 5.74) is 0.432. The molecule has 0 aliphatic heterocycles. The lowest BCUT2D eigenvalue weighted by Crippen LogP contribution is -2.10. The van der Waals surface area contributed by atoms with E-state index in [1.807, 2.05) is 27.7 Å². The minimum atomic E-state index is -0.475. The lowest BCUT2D eigenvalue weighted by molar-refractivity contribution is 0.0447. The molecule has 0 aliphatic carbocycles. The van der Waals surface area contributed by atoms with E-state index in [0.717, 1.165) is 0 Å². The third kappa shape index (κ3) is 8.12. The highest BCUT2D eigenvalue weighted by Gasteiger charge is 2.12. The van der Waals surface area contributed by atoms with E-state index in [1.165, 1.54) is 24.3 Å². The molecule has 0 saturated carbocycles. The molecule has 0 bridgehead atoms. The van der Waals surface area contributed by atoms with Crippen LogP contribution in [0.4, 0.5) is 0 Å². The molecule has 0 atom stereocenters. The van der Waals surface area contributed by atoms with Crippen molar-refractivity contribution in [3.8, 4) is 11.5 Å². The van der Waals surface area contributed by atoms with Crippen LogP contribution in [0.2, 0.25) is 0 Å². The Labute approximate surface area is 165 Å². The molecule has 2 N–H and O–H groups in total. The summed E-state index contributed by atoms with van der Waals surface area (Å²) < 4.78 is 9.94. The van der Waals surface area contributed by atoms with Gasteiger partial charge in [0.15, 0.2) is 0 Å². The molecule has 2 aromatic carbocycles. The number of rotatable bonds is 6. The van der Waals surface area contributed by atoms with Crippen LogP contribution < -0.4 is 0 Å². The molecule has 0 saturated heterocycles. The predicted octanol–water partition coefficient (Wildman–Crippen LogP) is 4.41. The highest BCUT2D eigenvalue weighted by Crippen LogP contribution is 2.17. The van der Waals surface area contributed by atoms with Gasteiger partial charge in [0, 0.05) is 0 Å². The van der Waals surface area contributed by atoms with Crippen LogP contribution in [0.1, 0.15) is 48.4 Å². The van der Waals surface area contributed by atoms with E-state index >= 15 is 0 Å². The lowest BCUT2D eigenvalue weighted by atomic mass is 10.2. The average molecular weight is 388 g/mol. The van der Waals surface area contributed by atoms with Gasteiger partial charge in [-0.05, 0) is 36.1 Å². The zero-order valence-electron chi connectivity index (χ0n) is 16.7. The van der Waals surface area contributed by atoms with Gasteiger partial charge in [-0.25, -0.2) is 9.59 Å². The van der Waals surface area contributed by atoms with Crippen molar-refractivity contribution < 1.29 is 29.3 Å². The second kappa shape index (κ2) is 11.6. The second-order valence-corrected chi connectivity index (χ2v) is 7.02. The van der Waals surface area contributed by atoms with Gasteiger partial charge in [0.2, 0.25) is 0 Å². The van der Waals surface area contributed by atoms with Gasteiger partial charge >= 0.3 is 11.9 Å². The molecule has 6 nitrogen and oxygen atoms in total. The summed E-state index contributed by atoms with van der Waals surface area (Å²) in [4.78, 5) is 22.8. The monoisotopic (exact) mass is 388 g/mol. The second-order valence-electron chi connectivity index (χ2n) is 7.02. The first-order chi connectivity index (χ1) is 13.2. The van der Waals surface area contributed by atoms with Crippen LogP contribution in [0.25, 0.3) is 0 Å². The minimum absolute atomic E-state index is 0.0405. The van der Waals surface area contributed by atoms with Gasteiger partial charge in [-0.15, -0.1) is 0 Å². The van der Waals surface area contributed by atoms with Gasteiger partial charge in [0.1, 0.15) is 22.6 Å². The van der Waals surface area contributed by atoms with E-state index in [9.17, 15) is 19.8 Å². The molecule has 0 radical (unpaired) electrons. The number of esters is 2. The highest BCUT2D eigenvalue weighted by atomic mass is 16.5. The van der Waals surface area contributed by atoms with E-state index in [0.29, 0.717) is 25.0 Å². The molecule has 0 amide bonds. The summed E-state index contributed by atoms with van der Waals surface area (Å²) >= 11 is 0. The molecular weight excluding hydrogens is 360 g/mol. The zero-order valence-corrected chi connectivity index (χ0v) is 16.7. The Bertz CT molecular complexity index is 702. The van der Waals surface area contributed by atoms with Gasteiger partial charge < -0.3 is 19.7 Å². The van der Waals surface area contributed by atoms with Crippen LogP contribution in [0.5, 0.6) is 11.5 Å². The summed E-state index contributed by atoms with van der Waals surface area (Å²) in [6.07, 6.45) is 0. The molecule has 6 heteroatoms. The van der Waals surface area contributed by atoms with Gasteiger partial charge in [0.05, 0.1) is 13.2 Å². The molecule has 2 aromatic rings. The fraction of sp³-hybridized carbons (Fsp3) is 0.364. The first kappa shape index (κ1) is 23.0. The van der Waals surface area contributed by atoms with E-state index in [-0.39, 0.29) is 22.6 Å². The molecule has 0 spiro atoms. The summed E-state index contributed by atoms with van der Waals surface area (Å²) in [7, 11) is 0. The van der Waals surface area contributed by atoms with Crippen molar-refractivity contribution in [3.63, 3.8) is 0 Å². The van der Waals surface area contributed by atoms with Gasteiger partial charge in [-0.2, -0.15) is 0 Å². The fourth-order valence-corrected chi connectivity index (χ4v) is 1.93. The number of aromatic hydroxyl groups is 2. The van der Waals surface area contributed by atoms with Gasteiger partial charge in [-0.3, -0.25) is 0 Å². The Morgan fingerprint density at radius 3 is 1.32 bits per heavy atom. The quantitative estimate of drug-likeness (QED) is 0.712. The van der Waals surface area contributed by atoms with Crippen LogP contribution in [-0.4, -0.2) is 35.4 Å². The van der Waals surface area contributed by atoms with Crippen molar-refractivity contribution in [3.05, 3.63) is 59.7 Å². The smallest absolute Gasteiger partial charge is 0.341 e. The SMILES string of the molecule is CC(C)COC(=O)c1ccccc1O.CC(C)COC(=O)c1ccccc1O. The maximum Gasteiger partial charge on any atom is 0.341 e. The van der Waals surface area contributed by atoms with E-state index < -0.39 is 11.9 Å². The zero-order chi connectivity index (χ0) is 21.1. The number of phenols is 2. The number of phenolic OH excluding ortho intramolecular Hbond substituents is 2. The normalized spacial score (nSPS) is 10.2. The Morgan fingerprint density at radius 2 is 1.04 bits per heavy atom. The molecule has 28 heavy (non-hydrogen) atoms. The molecule has 0 fully saturated rings. The maximum atomic E-state index is 11.4. The largest absolute Gasteiger partial charge is 0.507 e. The fourth-order valence-electron chi connectivity index (χ4n) is 1.93. The number of carbonyl (C=O) groups is 2. The Morgan fingerprint density at radius 1 is 0.714 bits per heavy atom. The third-order valence-electron chi connectivity index (χ3n) is 3.34. The molecule has 152 valence electrons. The minimum Gasteiger partial charge on any atom is -0.507 e. The van der Waals surface area contributed by atoms with E-state index in [2.05, 4.69) is 0 Å². The molecule has 2 rings (SSSR count). The average Bonchev–Trinajstić information content (AvgIpc) is 2.65. The summed E-state index contributed by atoms with van der Waals surface area (Å²) in [6.45, 7) is 8.56. The van der Waals surface area contributed by atoms with Crippen LogP contribution in [0.15, 0.2) is 48.5 Å². The van der Waals surface area contributed by atoms with Crippen molar-refractivity contribution in [1.29, 1.82) is 0 Å². The van der Waals surface area contributed by atoms with Crippen molar-refractivity contribution in [2.75, 3.05) is 13.2 Å². The van der Waals surface area contributed by atoms with E-state index in [4.69, 9.17) is 9.47 Å². The number of para-hydroxylation sites is 2. The Kier molecular flexibility index (Phi) is 9.57. The van der Waals surface area contributed by atoms with E-state index in [1.54, 1.807) is 24.3 Å². The van der Waals surface area contributed by atoms with Crippen LogP contribution in [-0.2, 0) is 9.47 Å². The van der Waals surface area contributed by atoms with Crippen molar-refractivity contribution in [2.24, 2.45) is 11.8 Å². The number of hydrogen-bond acceptors (Lipinski definition) is 6.